The number of nitrogens with one attached hydrogen (secondary N) is 1. The Labute approximate surface area is 138 Å². The molecular formula is C14H11F3N4O2S. The highest BCUT2D eigenvalue weighted by molar-refractivity contribution is 8.14. The van der Waals surface area contributed by atoms with Gasteiger partial charge in [-0.1, -0.05) is 23.9 Å². The van der Waals surface area contributed by atoms with E-state index in [2.05, 4.69) is 15.4 Å². The molecule has 0 atom stereocenters. The molecule has 0 unspecified atom stereocenters. The third-order valence-electron chi connectivity index (χ3n) is 3.17. The topological polar surface area (TPSA) is 79.5 Å². The summed E-state index contributed by atoms with van der Waals surface area (Å²) in [5.41, 5.74) is -1.58. The van der Waals surface area contributed by atoms with Crippen molar-refractivity contribution in [3.63, 3.8) is 0 Å². The molecule has 2 aromatic rings. The average molecular weight is 356 g/mol. The fraction of sp³-hybridized carbons (Fsp3) is 0.214. The van der Waals surface area contributed by atoms with Crippen LogP contribution in [0.2, 0.25) is 0 Å². The number of hydrogen-bond acceptors (Lipinski definition) is 5. The van der Waals surface area contributed by atoms with Crippen molar-refractivity contribution in [2.75, 3.05) is 12.3 Å². The third kappa shape index (κ3) is 3.23. The number of rotatable bonds is 2. The van der Waals surface area contributed by atoms with Gasteiger partial charge in [-0.2, -0.15) is 18.3 Å². The minimum absolute atomic E-state index is 0.285. The molecular weight excluding hydrogens is 345 g/mol. The number of aliphatic imine (C=N–C) groups is 1. The van der Waals surface area contributed by atoms with E-state index in [4.69, 9.17) is 0 Å². The van der Waals surface area contributed by atoms with Gasteiger partial charge in [0.15, 0.2) is 16.6 Å². The average Bonchev–Trinajstić information content (AvgIpc) is 3.16. The van der Waals surface area contributed by atoms with Crippen LogP contribution in [0.4, 0.5) is 13.2 Å². The van der Waals surface area contributed by atoms with Crippen LogP contribution in [0.3, 0.4) is 0 Å². The van der Waals surface area contributed by atoms with E-state index in [1.807, 2.05) is 0 Å². The van der Waals surface area contributed by atoms with Crippen LogP contribution in [0.15, 0.2) is 35.5 Å². The minimum Gasteiger partial charge on any atom is -0.504 e. The van der Waals surface area contributed by atoms with E-state index in [0.29, 0.717) is 11.7 Å². The highest BCUT2D eigenvalue weighted by Crippen LogP contribution is 2.34. The molecule has 1 aliphatic heterocycles. The van der Waals surface area contributed by atoms with Crippen molar-refractivity contribution in [1.29, 1.82) is 0 Å². The second-order valence-corrected chi connectivity index (χ2v) is 5.90. The lowest BCUT2D eigenvalue weighted by atomic mass is 10.2. The van der Waals surface area contributed by atoms with Crippen molar-refractivity contribution in [3.05, 3.63) is 41.7 Å². The molecule has 10 heteroatoms. The predicted molar refractivity (Wildman–Crippen MR) is 82.5 cm³/mol. The first kappa shape index (κ1) is 16.4. The number of nitrogens with zero attached hydrogens (tertiary/aromatic N) is 3. The summed E-state index contributed by atoms with van der Waals surface area (Å²) < 4.78 is 40.0. The number of halogens is 3. The van der Waals surface area contributed by atoms with Crippen LogP contribution in [0.1, 0.15) is 16.1 Å². The Morgan fingerprint density at radius 1 is 1.33 bits per heavy atom. The summed E-state index contributed by atoms with van der Waals surface area (Å²) in [6.07, 6.45) is -3.63. The van der Waals surface area contributed by atoms with Gasteiger partial charge in [-0.15, -0.1) is 0 Å². The molecule has 0 aliphatic carbocycles. The molecule has 0 spiro atoms. The van der Waals surface area contributed by atoms with Gasteiger partial charge in [-0.25, -0.2) is 4.68 Å². The number of amidine groups is 1. The Hall–Kier alpha value is -2.49. The van der Waals surface area contributed by atoms with Gasteiger partial charge in [0.1, 0.15) is 0 Å². The van der Waals surface area contributed by atoms with Crippen LogP contribution in [0.5, 0.6) is 5.75 Å². The number of aromatic nitrogens is 2. The first-order chi connectivity index (χ1) is 11.4. The molecule has 1 aromatic heterocycles. The summed E-state index contributed by atoms with van der Waals surface area (Å²) >= 11 is 1.33. The summed E-state index contributed by atoms with van der Waals surface area (Å²) in [4.78, 5) is 16.1. The van der Waals surface area contributed by atoms with Crippen LogP contribution in [-0.2, 0) is 6.18 Å². The highest BCUT2D eigenvalue weighted by Gasteiger charge is 2.34. The molecule has 0 saturated carbocycles. The van der Waals surface area contributed by atoms with Crippen LogP contribution in [-0.4, -0.2) is 38.3 Å². The smallest absolute Gasteiger partial charge is 0.418 e. The molecule has 1 aliphatic rings. The number of para-hydroxylation sites is 1. The molecule has 1 amide bonds. The maximum absolute atomic E-state index is 13.1. The highest BCUT2D eigenvalue weighted by atomic mass is 32.2. The molecule has 24 heavy (non-hydrogen) atoms. The number of alkyl halides is 3. The van der Waals surface area contributed by atoms with Crippen molar-refractivity contribution in [2.45, 2.75) is 6.18 Å². The molecule has 2 N–H and O–H groups in total. The Bertz CT molecular complexity index is 817. The zero-order valence-corrected chi connectivity index (χ0v) is 12.9. The second kappa shape index (κ2) is 6.19. The van der Waals surface area contributed by atoms with Gasteiger partial charge in [-0.3, -0.25) is 15.1 Å². The number of amides is 1. The molecule has 126 valence electrons. The van der Waals surface area contributed by atoms with E-state index in [1.165, 1.54) is 30.0 Å². The van der Waals surface area contributed by atoms with Gasteiger partial charge < -0.3 is 5.11 Å². The van der Waals surface area contributed by atoms with Gasteiger partial charge in [-0.05, 0) is 12.1 Å². The largest absolute Gasteiger partial charge is 0.504 e. The molecule has 3 rings (SSSR count). The number of benzene rings is 1. The number of hydrogen-bond donors (Lipinski definition) is 2. The zero-order chi connectivity index (χ0) is 17.3. The van der Waals surface area contributed by atoms with Crippen molar-refractivity contribution in [2.24, 2.45) is 4.99 Å². The molecule has 6 nitrogen and oxygen atoms in total. The Morgan fingerprint density at radius 2 is 2.08 bits per heavy atom. The van der Waals surface area contributed by atoms with Crippen LogP contribution >= 0.6 is 11.8 Å². The quantitative estimate of drug-likeness (QED) is 0.866. The van der Waals surface area contributed by atoms with Gasteiger partial charge >= 0.3 is 6.18 Å². The fourth-order valence-electron chi connectivity index (χ4n) is 2.13. The molecule has 2 heterocycles. The number of aromatic hydroxyl groups is 1. The van der Waals surface area contributed by atoms with Crippen molar-refractivity contribution in [1.82, 2.24) is 15.1 Å². The molecule has 0 bridgehead atoms. The number of carbonyl (C=O) groups is 1. The Balaban J connectivity index is 1.94. The molecule has 0 radical (unpaired) electrons. The molecule has 0 fully saturated rings. The molecule has 0 saturated heterocycles. The standard InChI is InChI=1S/C14H11F3N4O2S/c15-14(16,17)8-3-1-2-4-9(8)21-7-10(22)11(20-21)12(23)19-13-18-5-6-24-13/h1-4,7,22H,5-6H2,(H,18,19,23). The Kier molecular flexibility index (Phi) is 4.22. The van der Waals surface area contributed by atoms with Crippen molar-refractivity contribution >= 4 is 22.8 Å². The summed E-state index contributed by atoms with van der Waals surface area (Å²) in [5, 5.41) is 16.5. The van der Waals surface area contributed by atoms with E-state index < -0.39 is 23.4 Å². The lowest BCUT2D eigenvalue weighted by Gasteiger charge is -2.12. The third-order valence-corrected chi connectivity index (χ3v) is 4.06. The van der Waals surface area contributed by atoms with Crippen molar-refractivity contribution in [3.8, 4) is 11.4 Å². The van der Waals surface area contributed by atoms with E-state index in [1.54, 1.807) is 0 Å². The summed E-state index contributed by atoms with van der Waals surface area (Å²) in [7, 11) is 0. The minimum atomic E-state index is -4.59. The van der Waals surface area contributed by atoms with Crippen LogP contribution < -0.4 is 5.32 Å². The van der Waals surface area contributed by atoms with Gasteiger partial charge in [0.2, 0.25) is 0 Å². The monoisotopic (exact) mass is 356 g/mol. The zero-order valence-electron chi connectivity index (χ0n) is 12.0. The van der Waals surface area contributed by atoms with E-state index in [-0.39, 0.29) is 11.4 Å². The number of carbonyl (C=O) groups excluding carboxylic acids is 1. The first-order valence-electron chi connectivity index (χ1n) is 6.80. The lowest BCUT2D eigenvalue weighted by molar-refractivity contribution is -0.137. The lowest BCUT2D eigenvalue weighted by Crippen LogP contribution is -2.28. The van der Waals surface area contributed by atoms with E-state index in [0.717, 1.165) is 22.7 Å². The van der Waals surface area contributed by atoms with Gasteiger partial charge in [0.25, 0.3) is 5.91 Å². The van der Waals surface area contributed by atoms with Crippen molar-refractivity contribution < 1.29 is 23.1 Å². The number of thioether (sulfide) groups is 1. The maximum Gasteiger partial charge on any atom is 0.418 e. The van der Waals surface area contributed by atoms with Gasteiger partial charge in [0.05, 0.1) is 24.0 Å². The van der Waals surface area contributed by atoms with E-state index in [9.17, 15) is 23.1 Å². The maximum atomic E-state index is 13.1. The summed E-state index contributed by atoms with van der Waals surface area (Å²) in [6.45, 7) is 0.569. The van der Waals surface area contributed by atoms with E-state index >= 15 is 0 Å². The first-order valence-corrected chi connectivity index (χ1v) is 7.78. The van der Waals surface area contributed by atoms with Gasteiger partial charge in [0, 0.05) is 5.75 Å². The second-order valence-electron chi connectivity index (χ2n) is 4.81. The fourth-order valence-corrected chi connectivity index (χ4v) is 2.85. The summed E-state index contributed by atoms with van der Waals surface area (Å²) in [6, 6.07) is 4.76. The molecule has 1 aromatic carbocycles. The predicted octanol–water partition coefficient (Wildman–Crippen LogP) is 2.43. The summed E-state index contributed by atoms with van der Waals surface area (Å²) in [5.74, 6) is -0.522. The SMILES string of the molecule is O=C(NC1=NCCS1)c1nn(-c2ccccc2C(F)(F)F)cc1O. The normalized spacial score (nSPS) is 14.5. The Morgan fingerprint density at radius 3 is 2.75 bits per heavy atom. The van der Waals surface area contributed by atoms with Crippen LogP contribution in [0, 0.1) is 0 Å². The van der Waals surface area contributed by atoms with Crippen LogP contribution in [0.25, 0.3) is 5.69 Å².